The van der Waals surface area contributed by atoms with E-state index in [4.69, 9.17) is 5.11 Å². The number of carboxylic acids is 1. The van der Waals surface area contributed by atoms with E-state index in [-0.39, 0.29) is 22.9 Å². The predicted octanol–water partition coefficient (Wildman–Crippen LogP) is 2.18. The van der Waals surface area contributed by atoms with Gasteiger partial charge < -0.3 is 10.4 Å². The lowest BCUT2D eigenvalue weighted by molar-refractivity contribution is -0.127. The first-order valence-electron chi connectivity index (χ1n) is 6.17. The Kier molecular flexibility index (Phi) is 5.05. The number of amides is 1. The highest BCUT2D eigenvalue weighted by atomic mass is 32.1. The van der Waals surface area contributed by atoms with Crippen LogP contribution in [0.15, 0.2) is 5.38 Å². The first-order valence-corrected chi connectivity index (χ1v) is 7.05. The Morgan fingerprint density at radius 3 is 2.58 bits per heavy atom. The van der Waals surface area contributed by atoms with E-state index >= 15 is 0 Å². The molecule has 0 radical (unpaired) electrons. The molecule has 0 fully saturated rings. The molecule has 1 heterocycles. The fraction of sp³-hybridized carbons (Fsp3) is 0.615. The average molecular weight is 284 g/mol. The lowest BCUT2D eigenvalue weighted by atomic mass is 9.81. The number of aromatic carboxylic acids is 1. The van der Waals surface area contributed by atoms with Crippen molar-refractivity contribution in [2.45, 2.75) is 34.1 Å². The van der Waals surface area contributed by atoms with Crippen LogP contribution in [0.5, 0.6) is 0 Å². The molecule has 0 spiro atoms. The summed E-state index contributed by atoms with van der Waals surface area (Å²) in [5.74, 6) is -1.08. The van der Waals surface area contributed by atoms with Crippen LogP contribution < -0.4 is 5.32 Å². The van der Waals surface area contributed by atoms with Crippen LogP contribution in [-0.4, -0.2) is 28.5 Å². The second-order valence-corrected chi connectivity index (χ2v) is 6.50. The molecule has 1 unspecified atom stereocenters. The summed E-state index contributed by atoms with van der Waals surface area (Å²) >= 11 is 1.30. The van der Waals surface area contributed by atoms with Crippen molar-refractivity contribution in [3.63, 3.8) is 0 Å². The van der Waals surface area contributed by atoms with Gasteiger partial charge in [0.05, 0.1) is 5.01 Å². The molecule has 1 atom stereocenters. The topological polar surface area (TPSA) is 79.3 Å². The van der Waals surface area contributed by atoms with Gasteiger partial charge in [-0.3, -0.25) is 4.79 Å². The monoisotopic (exact) mass is 284 g/mol. The molecule has 5 nitrogen and oxygen atoms in total. The first kappa shape index (κ1) is 15.6. The van der Waals surface area contributed by atoms with Crippen molar-refractivity contribution < 1.29 is 14.7 Å². The number of aromatic nitrogens is 1. The van der Waals surface area contributed by atoms with Gasteiger partial charge in [-0.15, -0.1) is 11.3 Å². The summed E-state index contributed by atoms with van der Waals surface area (Å²) in [7, 11) is 0. The zero-order chi connectivity index (χ0) is 14.6. The number of carboxylic acid groups (broad SMARTS) is 1. The highest BCUT2D eigenvalue weighted by molar-refractivity contribution is 7.09. The van der Waals surface area contributed by atoms with E-state index < -0.39 is 5.97 Å². The number of thiazole rings is 1. The van der Waals surface area contributed by atoms with Gasteiger partial charge in [0.2, 0.25) is 5.91 Å². The third-order valence-corrected chi connectivity index (χ3v) is 4.01. The molecule has 1 aromatic rings. The molecular weight excluding hydrogens is 264 g/mol. The third-order valence-electron chi connectivity index (χ3n) is 3.10. The number of rotatable bonds is 5. The van der Waals surface area contributed by atoms with Crippen molar-refractivity contribution in [3.05, 3.63) is 16.1 Å². The van der Waals surface area contributed by atoms with Crippen molar-refractivity contribution >= 4 is 23.2 Å². The fourth-order valence-corrected chi connectivity index (χ4v) is 2.14. The van der Waals surface area contributed by atoms with Crippen molar-refractivity contribution in [1.29, 1.82) is 0 Å². The Morgan fingerprint density at radius 1 is 1.47 bits per heavy atom. The van der Waals surface area contributed by atoms with Gasteiger partial charge in [0, 0.05) is 24.3 Å². The lowest BCUT2D eigenvalue weighted by Crippen LogP contribution is -2.37. The van der Waals surface area contributed by atoms with Gasteiger partial charge in [0.15, 0.2) is 5.69 Å². The largest absolute Gasteiger partial charge is 0.476 e. The third kappa shape index (κ3) is 4.63. The van der Waals surface area contributed by atoms with Crippen LogP contribution in [-0.2, 0) is 11.2 Å². The molecule has 1 rings (SSSR count). The van der Waals surface area contributed by atoms with E-state index in [0.29, 0.717) is 13.0 Å². The number of nitrogens with one attached hydrogen (secondary N) is 1. The van der Waals surface area contributed by atoms with E-state index in [2.05, 4.69) is 10.3 Å². The fourth-order valence-electron chi connectivity index (χ4n) is 1.36. The molecule has 19 heavy (non-hydrogen) atoms. The van der Waals surface area contributed by atoms with Crippen LogP contribution in [0.4, 0.5) is 0 Å². The van der Waals surface area contributed by atoms with Gasteiger partial charge in [-0.25, -0.2) is 9.78 Å². The molecule has 0 aliphatic rings. The smallest absolute Gasteiger partial charge is 0.355 e. The summed E-state index contributed by atoms with van der Waals surface area (Å²) in [4.78, 5) is 26.5. The standard InChI is InChI=1S/C13H20N2O3S/c1-8(13(2,3)4)11(16)14-6-5-10-15-9(7-19-10)12(17)18/h7-8H,5-6H2,1-4H3,(H,14,16)(H,17,18). The van der Waals surface area contributed by atoms with Crippen LogP contribution >= 0.6 is 11.3 Å². The van der Waals surface area contributed by atoms with E-state index in [1.54, 1.807) is 0 Å². The van der Waals surface area contributed by atoms with Crippen LogP contribution in [0, 0.1) is 11.3 Å². The quantitative estimate of drug-likeness (QED) is 0.868. The summed E-state index contributed by atoms with van der Waals surface area (Å²) in [6.45, 7) is 8.46. The SMILES string of the molecule is CC(C(=O)NCCc1nc(C(=O)O)cs1)C(C)(C)C. The molecule has 106 valence electrons. The van der Waals surface area contributed by atoms with Gasteiger partial charge in [-0.2, -0.15) is 0 Å². The minimum atomic E-state index is -1.02. The summed E-state index contributed by atoms with van der Waals surface area (Å²) in [5, 5.41) is 13.8. The highest BCUT2D eigenvalue weighted by Gasteiger charge is 2.26. The van der Waals surface area contributed by atoms with Crippen molar-refractivity contribution in [2.24, 2.45) is 11.3 Å². The molecule has 0 aromatic carbocycles. The summed E-state index contributed by atoms with van der Waals surface area (Å²) in [6.07, 6.45) is 0.556. The summed E-state index contributed by atoms with van der Waals surface area (Å²) in [5.41, 5.74) is -0.00347. The molecule has 0 aliphatic carbocycles. The number of hydrogen-bond donors (Lipinski definition) is 2. The summed E-state index contributed by atoms with van der Waals surface area (Å²) < 4.78 is 0. The first-order chi connectivity index (χ1) is 8.71. The maximum atomic E-state index is 11.9. The zero-order valence-corrected chi connectivity index (χ0v) is 12.5. The van der Waals surface area contributed by atoms with Crippen LogP contribution in [0.3, 0.4) is 0 Å². The molecule has 1 aromatic heterocycles. The van der Waals surface area contributed by atoms with Crippen molar-refractivity contribution in [1.82, 2.24) is 10.3 Å². The highest BCUT2D eigenvalue weighted by Crippen LogP contribution is 2.25. The van der Waals surface area contributed by atoms with Crippen LogP contribution in [0.1, 0.15) is 43.2 Å². The Balaban J connectivity index is 2.42. The van der Waals surface area contributed by atoms with E-state index in [0.717, 1.165) is 5.01 Å². The minimum Gasteiger partial charge on any atom is -0.476 e. The second kappa shape index (κ2) is 6.14. The van der Waals surface area contributed by atoms with E-state index in [1.807, 2.05) is 27.7 Å². The Bertz CT molecular complexity index is 463. The van der Waals surface area contributed by atoms with Gasteiger partial charge >= 0.3 is 5.97 Å². The van der Waals surface area contributed by atoms with E-state index in [1.165, 1.54) is 16.7 Å². The molecule has 1 amide bonds. The maximum Gasteiger partial charge on any atom is 0.355 e. The second-order valence-electron chi connectivity index (χ2n) is 5.56. The normalized spacial score (nSPS) is 13.1. The number of nitrogens with zero attached hydrogens (tertiary/aromatic N) is 1. The molecule has 2 N–H and O–H groups in total. The maximum absolute atomic E-state index is 11.9. The lowest BCUT2D eigenvalue weighted by Gasteiger charge is -2.25. The summed E-state index contributed by atoms with van der Waals surface area (Å²) in [6, 6.07) is 0. The number of hydrogen-bond acceptors (Lipinski definition) is 4. The molecule has 0 saturated carbocycles. The van der Waals surface area contributed by atoms with Gasteiger partial charge in [-0.05, 0) is 5.41 Å². The van der Waals surface area contributed by atoms with Gasteiger partial charge in [0.25, 0.3) is 0 Å². The zero-order valence-electron chi connectivity index (χ0n) is 11.7. The number of carbonyl (C=O) groups excluding carboxylic acids is 1. The predicted molar refractivity (Wildman–Crippen MR) is 74.4 cm³/mol. The van der Waals surface area contributed by atoms with Crippen LogP contribution in [0.2, 0.25) is 0 Å². The molecule has 0 bridgehead atoms. The molecule has 0 aliphatic heterocycles. The molecule has 6 heteroatoms. The van der Waals surface area contributed by atoms with Crippen LogP contribution in [0.25, 0.3) is 0 Å². The van der Waals surface area contributed by atoms with Gasteiger partial charge in [-0.1, -0.05) is 27.7 Å². The Labute approximate surface area is 117 Å². The molecule has 0 saturated heterocycles. The molecular formula is C13H20N2O3S. The average Bonchev–Trinajstić information content (AvgIpc) is 2.75. The van der Waals surface area contributed by atoms with Crippen molar-refractivity contribution in [3.8, 4) is 0 Å². The number of carbonyl (C=O) groups is 2. The van der Waals surface area contributed by atoms with Crippen molar-refractivity contribution in [2.75, 3.05) is 6.54 Å². The Morgan fingerprint density at radius 2 is 2.11 bits per heavy atom. The Hall–Kier alpha value is -1.43. The van der Waals surface area contributed by atoms with E-state index in [9.17, 15) is 9.59 Å². The van der Waals surface area contributed by atoms with Gasteiger partial charge in [0.1, 0.15) is 0 Å². The minimum absolute atomic E-state index is 0.0162.